The Morgan fingerprint density at radius 1 is 1.20 bits per heavy atom. The first-order valence-electron chi connectivity index (χ1n) is 12.7. The van der Waals surface area contributed by atoms with Crippen LogP contribution in [0.1, 0.15) is 55.3 Å². The molecule has 2 aliphatic rings. The Kier molecular flexibility index (Phi) is 7.02. The lowest BCUT2D eigenvalue weighted by atomic mass is 9.63. The van der Waals surface area contributed by atoms with Crippen molar-refractivity contribution in [2.24, 2.45) is 11.8 Å². The van der Waals surface area contributed by atoms with Crippen LogP contribution >= 0.6 is 0 Å². The number of ether oxygens (including phenoxy) is 1. The minimum atomic E-state index is -0.680. The summed E-state index contributed by atoms with van der Waals surface area (Å²) in [7, 11) is 1.64. The normalized spacial score (nSPS) is 25.7. The largest absolute Gasteiger partial charge is 0.497 e. The number of fused-ring (bicyclic) bond motifs is 1. The number of hydrogen-bond donors (Lipinski definition) is 2. The van der Waals surface area contributed by atoms with Crippen molar-refractivity contribution in [2.45, 2.75) is 50.2 Å². The van der Waals surface area contributed by atoms with Crippen LogP contribution in [0.4, 0.5) is 0 Å². The molecule has 1 aliphatic carbocycles. The molecule has 0 spiro atoms. The highest BCUT2D eigenvalue weighted by atomic mass is 16.5. The Morgan fingerprint density at radius 2 is 2.03 bits per heavy atom. The van der Waals surface area contributed by atoms with E-state index in [1.54, 1.807) is 13.3 Å². The number of pyridine rings is 1. The first-order valence-corrected chi connectivity index (χ1v) is 12.7. The predicted molar refractivity (Wildman–Crippen MR) is 135 cm³/mol. The van der Waals surface area contributed by atoms with Gasteiger partial charge in [0.1, 0.15) is 5.75 Å². The highest BCUT2D eigenvalue weighted by molar-refractivity contribution is 5.83. The van der Waals surface area contributed by atoms with Gasteiger partial charge in [-0.25, -0.2) is 0 Å². The van der Waals surface area contributed by atoms with Gasteiger partial charge in [0.25, 0.3) is 0 Å². The fourth-order valence-corrected chi connectivity index (χ4v) is 6.16. The van der Waals surface area contributed by atoms with Crippen LogP contribution in [0.25, 0.3) is 10.9 Å². The third kappa shape index (κ3) is 4.91. The van der Waals surface area contributed by atoms with Gasteiger partial charge in [-0.1, -0.05) is 30.3 Å². The number of carboxylic acids is 1. The fraction of sp³-hybridized carbons (Fsp3) is 0.448. The number of likely N-dealkylation sites (tertiary alicyclic amines) is 1. The number of carboxylic acid groups (broad SMARTS) is 1. The summed E-state index contributed by atoms with van der Waals surface area (Å²) in [6.07, 6.45) is 5.44. The highest BCUT2D eigenvalue weighted by Crippen LogP contribution is 2.49. The second-order valence-electron chi connectivity index (χ2n) is 10.0. The Balaban J connectivity index is 1.34. The van der Waals surface area contributed by atoms with Crippen LogP contribution in [-0.2, 0) is 4.79 Å². The molecule has 3 aromatic rings. The number of hydrogen-bond acceptors (Lipinski definition) is 5. The van der Waals surface area contributed by atoms with Crippen LogP contribution in [0.2, 0.25) is 0 Å². The topological polar surface area (TPSA) is 82.9 Å². The van der Waals surface area contributed by atoms with E-state index in [2.05, 4.69) is 34.1 Å². The van der Waals surface area contributed by atoms with Crippen molar-refractivity contribution in [1.82, 2.24) is 9.88 Å². The van der Waals surface area contributed by atoms with E-state index in [1.165, 1.54) is 5.56 Å². The molecule has 6 heteroatoms. The van der Waals surface area contributed by atoms with Crippen LogP contribution in [-0.4, -0.2) is 52.3 Å². The van der Waals surface area contributed by atoms with E-state index in [0.717, 1.165) is 54.4 Å². The van der Waals surface area contributed by atoms with Gasteiger partial charge in [0.2, 0.25) is 0 Å². The molecule has 2 N–H and O–H groups in total. The van der Waals surface area contributed by atoms with Crippen molar-refractivity contribution < 1.29 is 19.7 Å². The van der Waals surface area contributed by atoms with E-state index < -0.39 is 12.1 Å². The minimum absolute atomic E-state index is 0.274. The molecule has 2 fully saturated rings. The van der Waals surface area contributed by atoms with Gasteiger partial charge < -0.3 is 14.9 Å². The third-order valence-electron chi connectivity index (χ3n) is 8.12. The molecule has 2 heterocycles. The van der Waals surface area contributed by atoms with E-state index in [-0.39, 0.29) is 5.92 Å². The van der Waals surface area contributed by atoms with E-state index >= 15 is 0 Å². The fourth-order valence-electron chi connectivity index (χ4n) is 6.16. The second kappa shape index (κ2) is 10.3. The number of aromatic nitrogens is 1. The lowest BCUT2D eigenvalue weighted by Gasteiger charge is -2.52. The van der Waals surface area contributed by atoms with Crippen LogP contribution in [0.3, 0.4) is 0 Å². The lowest BCUT2D eigenvalue weighted by Crippen LogP contribution is -2.55. The van der Waals surface area contributed by atoms with Crippen LogP contribution in [0.15, 0.2) is 60.8 Å². The quantitative estimate of drug-likeness (QED) is 0.477. The number of piperidine rings is 1. The molecule has 6 nitrogen and oxygen atoms in total. The average Bonchev–Trinajstić information content (AvgIpc) is 2.88. The average molecular weight is 475 g/mol. The maximum Gasteiger partial charge on any atom is 0.307 e. The number of benzene rings is 2. The van der Waals surface area contributed by atoms with Gasteiger partial charge in [-0.2, -0.15) is 0 Å². The van der Waals surface area contributed by atoms with E-state index in [0.29, 0.717) is 30.8 Å². The Bertz CT molecular complexity index is 1170. The van der Waals surface area contributed by atoms with Crippen LogP contribution in [0.5, 0.6) is 5.75 Å². The summed E-state index contributed by atoms with van der Waals surface area (Å²) < 4.78 is 5.39. The molecule has 3 unspecified atom stereocenters. The molecular weight excluding hydrogens is 440 g/mol. The number of carbonyl (C=O) groups is 1. The molecule has 184 valence electrons. The predicted octanol–water partition coefficient (Wildman–Crippen LogP) is 5.03. The van der Waals surface area contributed by atoms with Crippen molar-refractivity contribution in [3.05, 3.63) is 71.9 Å². The van der Waals surface area contributed by atoms with Crippen molar-refractivity contribution in [2.75, 3.05) is 20.2 Å². The number of methoxy groups -OCH3 is 1. The molecule has 5 atom stereocenters. The molecule has 0 radical (unpaired) electrons. The summed E-state index contributed by atoms with van der Waals surface area (Å²) in [5, 5.41) is 21.8. The monoisotopic (exact) mass is 474 g/mol. The molecule has 1 saturated carbocycles. The van der Waals surface area contributed by atoms with E-state index in [1.807, 2.05) is 30.3 Å². The molecule has 1 saturated heterocycles. The zero-order valence-electron chi connectivity index (χ0n) is 20.2. The van der Waals surface area contributed by atoms with Crippen molar-refractivity contribution >= 4 is 16.9 Å². The summed E-state index contributed by atoms with van der Waals surface area (Å²) in [4.78, 5) is 18.5. The first kappa shape index (κ1) is 23.8. The van der Waals surface area contributed by atoms with E-state index in [9.17, 15) is 15.0 Å². The maximum atomic E-state index is 11.6. The number of aliphatic carboxylic acids is 1. The summed E-state index contributed by atoms with van der Waals surface area (Å²) in [5.74, 6) is 0.625. The first-order chi connectivity index (χ1) is 17.0. The molecule has 1 aromatic heterocycles. The number of aliphatic hydroxyl groups excluding tert-OH is 1. The molecule has 35 heavy (non-hydrogen) atoms. The summed E-state index contributed by atoms with van der Waals surface area (Å²) in [6, 6.07) is 18.6. The van der Waals surface area contributed by atoms with E-state index in [4.69, 9.17) is 4.74 Å². The smallest absolute Gasteiger partial charge is 0.307 e. The Labute approximate surface area is 206 Å². The lowest BCUT2D eigenvalue weighted by molar-refractivity contribution is -0.144. The van der Waals surface area contributed by atoms with Gasteiger partial charge in [0.15, 0.2) is 0 Å². The number of aliphatic hydroxyl groups is 1. The minimum Gasteiger partial charge on any atom is -0.497 e. The summed E-state index contributed by atoms with van der Waals surface area (Å²) >= 11 is 0. The maximum absolute atomic E-state index is 11.6. The zero-order valence-corrected chi connectivity index (χ0v) is 20.2. The van der Waals surface area contributed by atoms with Gasteiger partial charge in [0.05, 0.1) is 24.6 Å². The molecule has 0 bridgehead atoms. The van der Waals surface area contributed by atoms with Gasteiger partial charge in [-0.3, -0.25) is 14.7 Å². The number of nitrogens with zero attached hydrogens (tertiary/aromatic N) is 2. The third-order valence-corrected chi connectivity index (χ3v) is 8.12. The highest BCUT2D eigenvalue weighted by Gasteiger charge is 2.45. The SMILES string of the molecule is COc1ccc2nccc(C(O)CC[C@H]3C(N4CCCC(C(=O)O)C4)C[C@H]3c3ccccc3)c2c1. The molecule has 0 amide bonds. The van der Waals surface area contributed by atoms with Crippen LogP contribution < -0.4 is 4.74 Å². The van der Waals surface area contributed by atoms with Gasteiger partial charge in [-0.15, -0.1) is 0 Å². The summed E-state index contributed by atoms with van der Waals surface area (Å²) in [5.41, 5.74) is 3.07. The Morgan fingerprint density at radius 3 is 2.80 bits per heavy atom. The molecule has 2 aromatic carbocycles. The summed E-state index contributed by atoms with van der Waals surface area (Å²) in [6.45, 7) is 1.60. The number of rotatable bonds is 8. The standard InChI is InChI=1S/C29H34N2O4/c1-35-21-9-11-26-25(16-21)23(13-14-30-26)28(32)12-10-22-24(19-6-3-2-4-7-19)17-27(22)31-15-5-8-20(18-31)29(33)34/h2-4,6-7,9,11,13-14,16,20,22,24,27-28,32H,5,8,10,12,15,17-18H2,1H3,(H,33,34)/t20?,22-,24+,27?,28?/m1/s1. The van der Waals surface area contributed by atoms with Gasteiger partial charge in [-0.05, 0) is 85.9 Å². The zero-order chi connectivity index (χ0) is 24.4. The van der Waals surface area contributed by atoms with Gasteiger partial charge in [0, 0.05) is 24.2 Å². The molecule has 5 rings (SSSR count). The van der Waals surface area contributed by atoms with Crippen molar-refractivity contribution in [3.8, 4) is 5.75 Å². The van der Waals surface area contributed by atoms with Crippen molar-refractivity contribution in [1.29, 1.82) is 0 Å². The molecular formula is C29H34N2O4. The van der Waals surface area contributed by atoms with Gasteiger partial charge >= 0.3 is 5.97 Å². The second-order valence-corrected chi connectivity index (χ2v) is 10.0. The molecule has 1 aliphatic heterocycles. The van der Waals surface area contributed by atoms with Crippen LogP contribution in [0, 0.1) is 11.8 Å². The van der Waals surface area contributed by atoms with Crippen molar-refractivity contribution in [3.63, 3.8) is 0 Å². The Hall–Kier alpha value is -2.96.